The molecule has 0 saturated heterocycles. The summed E-state index contributed by atoms with van der Waals surface area (Å²) in [7, 11) is 1.82. The molecule has 88 valence electrons. The van der Waals surface area contributed by atoms with E-state index in [1.165, 1.54) is 0 Å². The zero-order valence-corrected chi connectivity index (χ0v) is 10.1. The molecule has 2 aromatic rings. The SMILES string of the molecule is Cn1cccc1C(C(=O)O)c1ccccc1Cl. The smallest absolute Gasteiger partial charge is 0.317 e. The third-order valence-electron chi connectivity index (χ3n) is 2.74. The van der Waals surface area contributed by atoms with E-state index in [0.29, 0.717) is 16.3 Å². The molecule has 1 aromatic carbocycles. The number of carbonyl (C=O) groups is 1. The van der Waals surface area contributed by atoms with Crippen molar-refractivity contribution in [3.8, 4) is 0 Å². The number of carboxylic acids is 1. The topological polar surface area (TPSA) is 42.2 Å². The predicted octanol–water partition coefficient (Wildman–Crippen LogP) is 2.90. The van der Waals surface area contributed by atoms with Crippen molar-refractivity contribution in [2.75, 3.05) is 0 Å². The first kappa shape index (κ1) is 11.7. The van der Waals surface area contributed by atoms with Gasteiger partial charge in [0.1, 0.15) is 5.92 Å². The lowest BCUT2D eigenvalue weighted by Gasteiger charge is -2.15. The Labute approximate surface area is 104 Å². The fraction of sp³-hybridized carbons (Fsp3) is 0.154. The second kappa shape index (κ2) is 4.63. The summed E-state index contributed by atoms with van der Waals surface area (Å²) in [5.74, 6) is -1.64. The highest BCUT2D eigenvalue weighted by Gasteiger charge is 2.25. The average Bonchev–Trinajstić information content (AvgIpc) is 2.68. The van der Waals surface area contributed by atoms with Crippen LogP contribution in [-0.2, 0) is 11.8 Å². The molecule has 0 aliphatic carbocycles. The van der Waals surface area contributed by atoms with Gasteiger partial charge in [0, 0.05) is 24.0 Å². The Hall–Kier alpha value is -1.74. The molecule has 4 heteroatoms. The van der Waals surface area contributed by atoms with Gasteiger partial charge in [-0.25, -0.2) is 0 Å². The van der Waals surface area contributed by atoms with Crippen LogP contribution in [0.15, 0.2) is 42.6 Å². The van der Waals surface area contributed by atoms with Crippen molar-refractivity contribution >= 4 is 17.6 Å². The van der Waals surface area contributed by atoms with Gasteiger partial charge in [0.05, 0.1) is 0 Å². The van der Waals surface area contributed by atoms with Crippen LogP contribution in [0.2, 0.25) is 5.02 Å². The number of halogens is 1. The predicted molar refractivity (Wildman–Crippen MR) is 66.3 cm³/mol. The van der Waals surface area contributed by atoms with Gasteiger partial charge in [0.2, 0.25) is 0 Å². The fourth-order valence-electron chi connectivity index (χ4n) is 1.90. The third-order valence-corrected chi connectivity index (χ3v) is 3.09. The molecule has 0 fully saturated rings. The molecule has 0 radical (unpaired) electrons. The summed E-state index contributed by atoms with van der Waals surface area (Å²) in [4.78, 5) is 11.4. The molecule has 0 aliphatic heterocycles. The molecule has 0 amide bonds. The van der Waals surface area contributed by atoms with Gasteiger partial charge in [-0.3, -0.25) is 4.79 Å². The molecule has 0 spiro atoms. The maximum Gasteiger partial charge on any atom is 0.317 e. The van der Waals surface area contributed by atoms with E-state index in [1.807, 2.05) is 19.3 Å². The van der Waals surface area contributed by atoms with Crippen molar-refractivity contribution in [3.63, 3.8) is 0 Å². The quantitative estimate of drug-likeness (QED) is 0.909. The van der Waals surface area contributed by atoms with E-state index in [2.05, 4.69) is 0 Å². The summed E-state index contributed by atoms with van der Waals surface area (Å²) < 4.78 is 1.79. The van der Waals surface area contributed by atoms with Crippen LogP contribution in [0.3, 0.4) is 0 Å². The third kappa shape index (κ3) is 2.19. The Morgan fingerprint density at radius 2 is 2.00 bits per heavy atom. The Kier molecular flexibility index (Phi) is 3.20. The first-order valence-electron chi connectivity index (χ1n) is 5.19. The van der Waals surface area contributed by atoms with E-state index < -0.39 is 11.9 Å². The largest absolute Gasteiger partial charge is 0.480 e. The minimum absolute atomic E-state index is 0.473. The number of benzene rings is 1. The maximum absolute atomic E-state index is 11.4. The molecule has 1 heterocycles. The van der Waals surface area contributed by atoms with E-state index in [0.717, 1.165) is 0 Å². The van der Waals surface area contributed by atoms with Gasteiger partial charge in [-0.2, -0.15) is 0 Å². The van der Waals surface area contributed by atoms with Crippen LogP contribution in [0, 0.1) is 0 Å². The Morgan fingerprint density at radius 3 is 2.53 bits per heavy atom. The minimum atomic E-state index is -0.903. The maximum atomic E-state index is 11.4. The molecule has 17 heavy (non-hydrogen) atoms. The number of carboxylic acid groups (broad SMARTS) is 1. The number of nitrogens with zero attached hydrogens (tertiary/aromatic N) is 1. The van der Waals surface area contributed by atoms with Gasteiger partial charge >= 0.3 is 5.97 Å². The molecular weight excluding hydrogens is 238 g/mol. The van der Waals surface area contributed by atoms with Crippen molar-refractivity contribution in [2.45, 2.75) is 5.92 Å². The Morgan fingerprint density at radius 1 is 1.29 bits per heavy atom. The van der Waals surface area contributed by atoms with Gasteiger partial charge < -0.3 is 9.67 Å². The summed E-state index contributed by atoms with van der Waals surface area (Å²) in [6.07, 6.45) is 1.82. The van der Waals surface area contributed by atoms with E-state index >= 15 is 0 Å². The number of aryl methyl sites for hydroxylation is 1. The molecule has 1 aromatic heterocycles. The molecule has 1 N–H and O–H groups in total. The number of rotatable bonds is 3. The molecule has 0 saturated carbocycles. The number of hydrogen-bond acceptors (Lipinski definition) is 1. The van der Waals surface area contributed by atoms with Crippen LogP contribution in [0.5, 0.6) is 0 Å². The summed E-state index contributed by atoms with van der Waals surface area (Å²) >= 11 is 6.06. The monoisotopic (exact) mass is 249 g/mol. The first-order valence-corrected chi connectivity index (χ1v) is 5.57. The van der Waals surface area contributed by atoms with Crippen LogP contribution in [0.25, 0.3) is 0 Å². The van der Waals surface area contributed by atoms with Crippen molar-refractivity contribution in [3.05, 3.63) is 58.9 Å². The fourth-order valence-corrected chi connectivity index (χ4v) is 2.15. The zero-order valence-electron chi connectivity index (χ0n) is 9.30. The Bertz CT molecular complexity index is 548. The lowest BCUT2D eigenvalue weighted by molar-refractivity contribution is -0.137. The van der Waals surface area contributed by atoms with Crippen LogP contribution in [0.1, 0.15) is 17.2 Å². The number of aliphatic carboxylic acids is 1. The van der Waals surface area contributed by atoms with Gasteiger partial charge in [-0.05, 0) is 23.8 Å². The number of aromatic nitrogens is 1. The molecule has 1 atom stereocenters. The van der Waals surface area contributed by atoms with Crippen LogP contribution in [-0.4, -0.2) is 15.6 Å². The van der Waals surface area contributed by atoms with Gasteiger partial charge in [0.15, 0.2) is 0 Å². The summed E-state index contributed by atoms with van der Waals surface area (Å²) in [5, 5.41) is 9.85. The molecule has 2 rings (SSSR count). The average molecular weight is 250 g/mol. The Balaban J connectivity index is 2.55. The van der Waals surface area contributed by atoms with Crippen molar-refractivity contribution in [2.24, 2.45) is 7.05 Å². The zero-order chi connectivity index (χ0) is 12.4. The highest BCUT2D eigenvalue weighted by atomic mass is 35.5. The van der Waals surface area contributed by atoms with Crippen molar-refractivity contribution < 1.29 is 9.90 Å². The van der Waals surface area contributed by atoms with Crippen LogP contribution >= 0.6 is 11.6 Å². The van der Waals surface area contributed by atoms with E-state index in [4.69, 9.17) is 11.6 Å². The van der Waals surface area contributed by atoms with E-state index in [-0.39, 0.29) is 0 Å². The minimum Gasteiger partial charge on any atom is -0.480 e. The highest BCUT2D eigenvalue weighted by molar-refractivity contribution is 6.31. The molecule has 0 aliphatic rings. The van der Waals surface area contributed by atoms with E-state index in [1.54, 1.807) is 34.9 Å². The van der Waals surface area contributed by atoms with Gasteiger partial charge in [-0.1, -0.05) is 29.8 Å². The lowest BCUT2D eigenvalue weighted by atomic mass is 9.96. The summed E-state index contributed by atoms with van der Waals surface area (Å²) in [6, 6.07) is 10.6. The molecular formula is C13H12ClNO2. The number of hydrogen-bond donors (Lipinski definition) is 1. The van der Waals surface area contributed by atoms with Gasteiger partial charge in [0.25, 0.3) is 0 Å². The molecule has 1 unspecified atom stereocenters. The summed E-state index contributed by atoms with van der Waals surface area (Å²) in [5.41, 5.74) is 1.33. The second-order valence-electron chi connectivity index (χ2n) is 3.84. The molecule has 0 bridgehead atoms. The van der Waals surface area contributed by atoms with E-state index in [9.17, 15) is 9.90 Å². The van der Waals surface area contributed by atoms with Crippen molar-refractivity contribution in [1.82, 2.24) is 4.57 Å². The van der Waals surface area contributed by atoms with Crippen LogP contribution in [0.4, 0.5) is 0 Å². The summed E-state index contributed by atoms with van der Waals surface area (Å²) in [6.45, 7) is 0. The molecule has 3 nitrogen and oxygen atoms in total. The van der Waals surface area contributed by atoms with Crippen molar-refractivity contribution in [1.29, 1.82) is 0 Å². The lowest BCUT2D eigenvalue weighted by Crippen LogP contribution is -2.16. The standard InChI is InChI=1S/C13H12ClNO2/c1-15-8-4-7-11(15)12(13(16)17)9-5-2-3-6-10(9)14/h2-8,12H,1H3,(H,16,17). The second-order valence-corrected chi connectivity index (χ2v) is 4.24. The van der Waals surface area contributed by atoms with Crippen LogP contribution < -0.4 is 0 Å². The normalized spacial score (nSPS) is 12.4. The first-order chi connectivity index (χ1) is 8.11. The van der Waals surface area contributed by atoms with Gasteiger partial charge in [-0.15, -0.1) is 0 Å². The highest BCUT2D eigenvalue weighted by Crippen LogP contribution is 2.30.